The highest BCUT2D eigenvalue weighted by Crippen LogP contribution is 2.06. The number of esters is 1. The van der Waals surface area contributed by atoms with E-state index in [1.165, 1.54) is 0 Å². The topological polar surface area (TPSA) is 70.1 Å². The van der Waals surface area contributed by atoms with Crippen molar-refractivity contribution < 1.29 is 19.4 Å². The van der Waals surface area contributed by atoms with E-state index in [-0.39, 0.29) is 25.0 Å². The fraction of sp³-hybridized carbons (Fsp3) is 0.857. The van der Waals surface area contributed by atoms with E-state index < -0.39 is 5.97 Å². The smallest absolute Gasteiger partial charge is 0.305 e. The van der Waals surface area contributed by atoms with Gasteiger partial charge in [0.25, 0.3) is 0 Å². The molecule has 20 heavy (non-hydrogen) atoms. The van der Waals surface area contributed by atoms with Gasteiger partial charge in [-0.1, -0.05) is 13.8 Å². The predicted octanol–water partition coefficient (Wildman–Crippen LogP) is 1.40. The zero-order valence-corrected chi connectivity index (χ0v) is 13.1. The van der Waals surface area contributed by atoms with E-state index in [1.54, 1.807) is 0 Å². The minimum absolute atomic E-state index is 0.0768. The van der Waals surface area contributed by atoms with E-state index in [4.69, 9.17) is 9.84 Å². The summed E-state index contributed by atoms with van der Waals surface area (Å²) in [5, 5.41) is 8.50. The Labute approximate surface area is 121 Å². The molecule has 0 saturated carbocycles. The molecule has 0 aromatic rings. The van der Waals surface area contributed by atoms with Crippen molar-refractivity contribution in [1.29, 1.82) is 0 Å². The second-order valence-electron chi connectivity index (χ2n) is 4.95. The molecule has 0 spiro atoms. The third-order valence-electron chi connectivity index (χ3n) is 3.24. The second kappa shape index (κ2) is 10.6. The number of carboxylic acids is 1. The lowest BCUT2D eigenvalue weighted by molar-refractivity contribution is -0.148. The number of carboxylic acid groups (broad SMARTS) is 1. The zero-order chi connectivity index (χ0) is 15.5. The molecule has 118 valence electrons. The van der Waals surface area contributed by atoms with Crippen molar-refractivity contribution in [2.75, 3.05) is 33.8 Å². The number of ether oxygens (including phenoxy) is 1. The van der Waals surface area contributed by atoms with Crippen LogP contribution in [-0.4, -0.2) is 66.8 Å². The number of likely N-dealkylation sites (N-methyl/N-ethyl adjacent to an activating group) is 2. The molecule has 0 amide bonds. The first-order valence-corrected chi connectivity index (χ1v) is 7.20. The van der Waals surface area contributed by atoms with Crippen molar-refractivity contribution in [2.45, 2.75) is 45.7 Å². The molecule has 0 fully saturated rings. The van der Waals surface area contributed by atoms with Crippen LogP contribution in [0.2, 0.25) is 0 Å². The third-order valence-corrected chi connectivity index (χ3v) is 3.24. The minimum Gasteiger partial charge on any atom is -0.481 e. The maximum Gasteiger partial charge on any atom is 0.305 e. The molecule has 1 atom stereocenters. The number of unbranched alkanes of at least 4 members (excludes halogenated alkanes) is 1. The second-order valence-corrected chi connectivity index (χ2v) is 4.95. The molecule has 0 aromatic carbocycles. The SMILES string of the molecule is CCN(CC)C(COC(=O)CCCCC(=O)O)N(C)C. The molecule has 6 nitrogen and oxygen atoms in total. The molecule has 0 rings (SSSR count). The van der Waals surface area contributed by atoms with Crippen molar-refractivity contribution in [2.24, 2.45) is 0 Å². The summed E-state index contributed by atoms with van der Waals surface area (Å²) in [6.07, 6.45) is 1.53. The summed E-state index contributed by atoms with van der Waals surface area (Å²) in [5.41, 5.74) is 0. The Hall–Kier alpha value is -1.14. The number of hydrogen-bond acceptors (Lipinski definition) is 5. The average molecular weight is 288 g/mol. The lowest BCUT2D eigenvalue weighted by Crippen LogP contribution is -2.48. The standard InChI is InChI=1S/C14H28N2O4/c1-5-16(6-2)12(15(3)4)11-20-14(19)10-8-7-9-13(17)18/h12H,5-11H2,1-4H3,(H,17,18). The fourth-order valence-corrected chi connectivity index (χ4v) is 2.01. The molecule has 0 aliphatic rings. The summed E-state index contributed by atoms with van der Waals surface area (Å²) >= 11 is 0. The largest absolute Gasteiger partial charge is 0.481 e. The monoisotopic (exact) mass is 288 g/mol. The van der Waals surface area contributed by atoms with Gasteiger partial charge in [-0.3, -0.25) is 19.4 Å². The predicted molar refractivity (Wildman–Crippen MR) is 77.5 cm³/mol. The van der Waals surface area contributed by atoms with Gasteiger partial charge in [-0.25, -0.2) is 0 Å². The van der Waals surface area contributed by atoms with Crippen molar-refractivity contribution in [1.82, 2.24) is 9.80 Å². The number of nitrogens with zero attached hydrogens (tertiary/aromatic N) is 2. The molecule has 6 heteroatoms. The van der Waals surface area contributed by atoms with Gasteiger partial charge in [0.1, 0.15) is 6.61 Å². The van der Waals surface area contributed by atoms with Crippen LogP contribution in [0.1, 0.15) is 39.5 Å². The van der Waals surface area contributed by atoms with Crippen molar-refractivity contribution in [3.63, 3.8) is 0 Å². The quantitative estimate of drug-likeness (QED) is 0.352. The molecule has 0 radical (unpaired) electrons. The van der Waals surface area contributed by atoms with Crippen LogP contribution in [0.5, 0.6) is 0 Å². The summed E-state index contributed by atoms with van der Waals surface area (Å²) in [4.78, 5) is 26.2. The van der Waals surface area contributed by atoms with Crippen LogP contribution in [-0.2, 0) is 14.3 Å². The minimum atomic E-state index is -0.826. The van der Waals surface area contributed by atoms with E-state index in [0.717, 1.165) is 13.1 Å². The van der Waals surface area contributed by atoms with Gasteiger partial charge in [0.15, 0.2) is 0 Å². The number of hydrogen-bond donors (Lipinski definition) is 1. The van der Waals surface area contributed by atoms with Gasteiger partial charge < -0.3 is 9.84 Å². The highest BCUT2D eigenvalue weighted by atomic mass is 16.5. The molecule has 0 aliphatic carbocycles. The lowest BCUT2D eigenvalue weighted by atomic mass is 10.2. The molecular weight excluding hydrogens is 260 g/mol. The van der Waals surface area contributed by atoms with E-state index in [2.05, 4.69) is 18.7 Å². The van der Waals surface area contributed by atoms with Gasteiger partial charge in [0, 0.05) is 12.8 Å². The van der Waals surface area contributed by atoms with Gasteiger partial charge in [-0.05, 0) is 40.0 Å². The molecule has 0 aliphatic heterocycles. The summed E-state index contributed by atoms with van der Waals surface area (Å²) in [7, 11) is 3.92. The molecule has 0 heterocycles. The van der Waals surface area contributed by atoms with Crippen LogP contribution in [0.25, 0.3) is 0 Å². The molecule has 0 saturated heterocycles. The third kappa shape index (κ3) is 8.12. The number of aliphatic carboxylic acids is 1. The van der Waals surface area contributed by atoms with Gasteiger partial charge in [-0.15, -0.1) is 0 Å². The summed E-state index contributed by atoms with van der Waals surface area (Å²) in [6, 6.07) is 0. The first kappa shape index (κ1) is 18.9. The average Bonchev–Trinajstić information content (AvgIpc) is 2.38. The zero-order valence-electron chi connectivity index (χ0n) is 13.1. The van der Waals surface area contributed by atoms with Crippen LogP contribution in [0, 0.1) is 0 Å². The highest BCUT2D eigenvalue weighted by Gasteiger charge is 2.19. The first-order valence-electron chi connectivity index (χ1n) is 7.20. The van der Waals surface area contributed by atoms with Crippen LogP contribution in [0.4, 0.5) is 0 Å². The Balaban J connectivity index is 4.02. The molecule has 1 N–H and O–H groups in total. The summed E-state index contributed by atoms with van der Waals surface area (Å²) < 4.78 is 5.29. The summed E-state index contributed by atoms with van der Waals surface area (Å²) in [5.74, 6) is -1.08. The maximum absolute atomic E-state index is 11.6. The molecule has 1 unspecified atom stereocenters. The van der Waals surface area contributed by atoms with Gasteiger partial charge in [0.2, 0.25) is 0 Å². The first-order chi connectivity index (χ1) is 9.42. The number of carbonyl (C=O) groups excluding carboxylic acids is 1. The maximum atomic E-state index is 11.6. The molecular formula is C14H28N2O4. The Morgan fingerprint density at radius 3 is 2.10 bits per heavy atom. The van der Waals surface area contributed by atoms with Gasteiger partial charge >= 0.3 is 11.9 Å². The van der Waals surface area contributed by atoms with Crippen LogP contribution in [0.15, 0.2) is 0 Å². The van der Waals surface area contributed by atoms with E-state index in [0.29, 0.717) is 19.4 Å². The fourth-order valence-electron chi connectivity index (χ4n) is 2.01. The van der Waals surface area contributed by atoms with Crippen molar-refractivity contribution in [3.8, 4) is 0 Å². The van der Waals surface area contributed by atoms with Crippen molar-refractivity contribution in [3.05, 3.63) is 0 Å². The van der Waals surface area contributed by atoms with Gasteiger partial charge in [0.05, 0.1) is 6.17 Å². The van der Waals surface area contributed by atoms with Crippen LogP contribution in [0.3, 0.4) is 0 Å². The molecule has 0 aromatic heterocycles. The van der Waals surface area contributed by atoms with Crippen LogP contribution >= 0.6 is 0 Å². The lowest BCUT2D eigenvalue weighted by Gasteiger charge is -2.34. The Morgan fingerprint density at radius 2 is 1.65 bits per heavy atom. The van der Waals surface area contributed by atoms with E-state index in [1.807, 2.05) is 19.0 Å². The van der Waals surface area contributed by atoms with E-state index >= 15 is 0 Å². The van der Waals surface area contributed by atoms with Crippen molar-refractivity contribution >= 4 is 11.9 Å². The number of rotatable bonds is 11. The Morgan fingerprint density at radius 1 is 1.10 bits per heavy atom. The summed E-state index contributed by atoms with van der Waals surface area (Å²) in [6.45, 7) is 6.29. The van der Waals surface area contributed by atoms with Crippen LogP contribution < -0.4 is 0 Å². The normalized spacial score (nSPS) is 12.7. The highest BCUT2D eigenvalue weighted by molar-refractivity contribution is 5.69. The Bertz CT molecular complexity index is 291. The van der Waals surface area contributed by atoms with Gasteiger partial charge in [-0.2, -0.15) is 0 Å². The number of carbonyl (C=O) groups is 2. The van der Waals surface area contributed by atoms with E-state index in [9.17, 15) is 9.59 Å². The molecule has 0 bridgehead atoms. The Kier molecular flexibility index (Phi) is 10.0.